The fraction of sp³-hybridized carbons (Fsp3) is 0.294. The zero-order valence-corrected chi connectivity index (χ0v) is 14.2. The van der Waals surface area contributed by atoms with E-state index in [0.717, 1.165) is 41.8 Å². The number of rotatable bonds is 5. The average molecular weight is 376 g/mol. The van der Waals surface area contributed by atoms with Gasteiger partial charge in [-0.2, -0.15) is 0 Å². The average Bonchev–Trinajstić information content (AvgIpc) is 3.09. The lowest BCUT2D eigenvalue weighted by Gasteiger charge is -2.12. The number of aromatic nitrogens is 1. The van der Waals surface area contributed by atoms with Crippen LogP contribution in [0.1, 0.15) is 23.3 Å². The molecule has 2 aromatic rings. The molecule has 1 atom stereocenters. The first-order chi connectivity index (χ1) is 11.2. The monoisotopic (exact) mass is 375 g/mol. The van der Waals surface area contributed by atoms with Crippen LogP contribution in [-0.4, -0.2) is 30.1 Å². The largest absolute Gasteiger partial charge is 0.382 e. The minimum absolute atomic E-state index is 0.229. The van der Waals surface area contributed by atoms with Crippen molar-refractivity contribution in [1.82, 2.24) is 4.98 Å². The molecule has 2 heterocycles. The number of ether oxygens (including phenoxy) is 1. The molecule has 0 saturated carbocycles. The Hall–Kier alpha value is -1.92. The summed E-state index contributed by atoms with van der Waals surface area (Å²) < 4.78 is 6.55. The van der Waals surface area contributed by atoms with Gasteiger partial charge in [-0.15, -0.1) is 0 Å². The second-order valence-corrected chi connectivity index (χ2v) is 6.32. The van der Waals surface area contributed by atoms with E-state index in [1.54, 1.807) is 12.3 Å². The summed E-state index contributed by atoms with van der Waals surface area (Å²) in [6.45, 7) is 1.58. The molecule has 0 radical (unpaired) electrons. The third-order valence-electron chi connectivity index (χ3n) is 3.65. The molecule has 1 aliphatic heterocycles. The highest BCUT2D eigenvalue weighted by atomic mass is 79.9. The zero-order chi connectivity index (χ0) is 16.1. The maximum absolute atomic E-state index is 12.3. The van der Waals surface area contributed by atoms with Crippen LogP contribution >= 0.6 is 15.9 Å². The van der Waals surface area contributed by atoms with E-state index in [1.165, 1.54) is 0 Å². The molecule has 1 fully saturated rings. The zero-order valence-electron chi connectivity index (χ0n) is 12.6. The first-order valence-corrected chi connectivity index (χ1v) is 8.38. The summed E-state index contributed by atoms with van der Waals surface area (Å²) in [7, 11) is 0. The highest BCUT2D eigenvalue weighted by molar-refractivity contribution is 9.10. The van der Waals surface area contributed by atoms with Crippen LogP contribution in [0.2, 0.25) is 0 Å². The highest BCUT2D eigenvalue weighted by Gasteiger charge is 2.15. The number of carbonyl (C=O) groups excluding carboxylic acids is 1. The Morgan fingerprint density at radius 3 is 2.83 bits per heavy atom. The number of nitrogens with one attached hydrogen (secondary N) is 2. The molecule has 2 N–H and O–H groups in total. The normalized spacial score (nSPS) is 17.0. The highest BCUT2D eigenvalue weighted by Crippen LogP contribution is 2.17. The van der Waals surface area contributed by atoms with E-state index in [0.29, 0.717) is 5.69 Å². The lowest BCUT2D eigenvalue weighted by Crippen LogP contribution is -2.19. The molecule has 23 heavy (non-hydrogen) atoms. The van der Waals surface area contributed by atoms with E-state index < -0.39 is 0 Å². The van der Waals surface area contributed by atoms with Gasteiger partial charge in [0.2, 0.25) is 0 Å². The van der Waals surface area contributed by atoms with Crippen molar-refractivity contribution in [2.75, 3.05) is 23.8 Å². The number of halogens is 1. The summed E-state index contributed by atoms with van der Waals surface area (Å²) in [5.74, 6) is -0.229. The molecule has 6 heteroatoms. The van der Waals surface area contributed by atoms with Crippen molar-refractivity contribution in [1.29, 1.82) is 0 Å². The van der Waals surface area contributed by atoms with Gasteiger partial charge in [0.25, 0.3) is 5.91 Å². The summed E-state index contributed by atoms with van der Waals surface area (Å²) in [6.07, 6.45) is 4.08. The van der Waals surface area contributed by atoms with Crippen molar-refractivity contribution in [2.24, 2.45) is 0 Å². The van der Waals surface area contributed by atoms with Gasteiger partial charge in [-0.25, -0.2) is 0 Å². The maximum Gasteiger partial charge on any atom is 0.274 e. The smallest absolute Gasteiger partial charge is 0.274 e. The molecule has 1 unspecified atom stereocenters. The van der Waals surface area contributed by atoms with Gasteiger partial charge in [0, 0.05) is 35.2 Å². The van der Waals surface area contributed by atoms with E-state index in [2.05, 4.69) is 31.5 Å². The Kier molecular flexibility index (Phi) is 5.25. The molecule has 120 valence electrons. The number of hydrogen-bond donors (Lipinski definition) is 2. The maximum atomic E-state index is 12.3. The Balaban J connectivity index is 1.61. The summed E-state index contributed by atoms with van der Waals surface area (Å²) in [5, 5.41) is 6.14. The molecule has 3 rings (SSSR count). The SMILES string of the molecule is O=C(Nc1ccc(Br)cc1)c1cc(NCC2CCCO2)ccn1. The van der Waals surface area contributed by atoms with Crippen LogP contribution in [0.4, 0.5) is 11.4 Å². The number of carbonyl (C=O) groups is 1. The molecule has 0 spiro atoms. The Morgan fingerprint density at radius 1 is 1.26 bits per heavy atom. The summed E-state index contributed by atoms with van der Waals surface area (Å²) >= 11 is 3.37. The van der Waals surface area contributed by atoms with Crippen LogP contribution in [0.5, 0.6) is 0 Å². The molecule has 1 aromatic heterocycles. The second-order valence-electron chi connectivity index (χ2n) is 5.41. The number of pyridine rings is 1. The van der Waals surface area contributed by atoms with E-state index in [9.17, 15) is 4.79 Å². The quantitative estimate of drug-likeness (QED) is 0.836. The van der Waals surface area contributed by atoms with Crippen LogP contribution in [0, 0.1) is 0 Å². The van der Waals surface area contributed by atoms with E-state index in [4.69, 9.17) is 4.74 Å². The minimum atomic E-state index is -0.229. The van der Waals surface area contributed by atoms with Gasteiger partial charge in [-0.3, -0.25) is 9.78 Å². The van der Waals surface area contributed by atoms with Gasteiger partial charge in [0.1, 0.15) is 5.69 Å². The lowest BCUT2D eigenvalue weighted by atomic mass is 10.2. The van der Waals surface area contributed by atoms with Gasteiger partial charge >= 0.3 is 0 Å². The van der Waals surface area contributed by atoms with Gasteiger partial charge in [0.05, 0.1) is 6.10 Å². The standard InChI is InChI=1S/C17H18BrN3O2/c18-12-3-5-13(6-4-12)21-17(22)16-10-14(7-8-19-16)20-11-15-2-1-9-23-15/h3-8,10,15H,1-2,9,11H2,(H,19,20)(H,21,22). The Labute approximate surface area is 143 Å². The number of benzene rings is 1. The summed E-state index contributed by atoms with van der Waals surface area (Å²) in [6, 6.07) is 11.0. The van der Waals surface area contributed by atoms with Gasteiger partial charge in [-0.1, -0.05) is 15.9 Å². The lowest BCUT2D eigenvalue weighted by molar-refractivity contribution is 0.102. The number of anilines is 2. The van der Waals surface area contributed by atoms with Crippen molar-refractivity contribution in [3.05, 3.63) is 52.8 Å². The Morgan fingerprint density at radius 2 is 2.09 bits per heavy atom. The van der Waals surface area contributed by atoms with Crippen molar-refractivity contribution in [2.45, 2.75) is 18.9 Å². The molecular weight excluding hydrogens is 358 g/mol. The van der Waals surface area contributed by atoms with Crippen molar-refractivity contribution >= 4 is 33.2 Å². The van der Waals surface area contributed by atoms with Crippen LogP contribution in [-0.2, 0) is 4.74 Å². The second kappa shape index (κ2) is 7.57. The molecule has 0 aliphatic carbocycles. The van der Waals surface area contributed by atoms with E-state index in [1.807, 2.05) is 30.3 Å². The van der Waals surface area contributed by atoms with Gasteiger partial charge < -0.3 is 15.4 Å². The molecule has 1 aliphatic rings. The topological polar surface area (TPSA) is 63.2 Å². The van der Waals surface area contributed by atoms with E-state index >= 15 is 0 Å². The number of amides is 1. The Bertz CT molecular complexity index is 670. The van der Waals surface area contributed by atoms with Gasteiger partial charge in [-0.05, 0) is 49.2 Å². The molecular formula is C17H18BrN3O2. The molecule has 1 saturated heterocycles. The van der Waals surface area contributed by atoms with Gasteiger partial charge in [0.15, 0.2) is 0 Å². The minimum Gasteiger partial charge on any atom is -0.382 e. The van der Waals surface area contributed by atoms with Crippen LogP contribution in [0.25, 0.3) is 0 Å². The van der Waals surface area contributed by atoms with Crippen molar-refractivity contribution in [3.63, 3.8) is 0 Å². The third kappa shape index (κ3) is 4.53. The van der Waals surface area contributed by atoms with Crippen molar-refractivity contribution < 1.29 is 9.53 Å². The molecule has 1 amide bonds. The third-order valence-corrected chi connectivity index (χ3v) is 4.18. The fourth-order valence-corrected chi connectivity index (χ4v) is 2.69. The predicted molar refractivity (Wildman–Crippen MR) is 93.8 cm³/mol. The predicted octanol–water partition coefficient (Wildman–Crippen LogP) is 3.69. The molecule has 0 bridgehead atoms. The van der Waals surface area contributed by atoms with Crippen LogP contribution in [0.15, 0.2) is 47.1 Å². The molecule has 1 aromatic carbocycles. The first-order valence-electron chi connectivity index (χ1n) is 7.59. The van der Waals surface area contributed by atoms with E-state index in [-0.39, 0.29) is 12.0 Å². The molecule has 5 nitrogen and oxygen atoms in total. The van der Waals surface area contributed by atoms with Crippen LogP contribution in [0.3, 0.4) is 0 Å². The van der Waals surface area contributed by atoms with Crippen molar-refractivity contribution in [3.8, 4) is 0 Å². The number of hydrogen-bond acceptors (Lipinski definition) is 4. The fourth-order valence-electron chi connectivity index (χ4n) is 2.43. The summed E-state index contributed by atoms with van der Waals surface area (Å²) in [4.78, 5) is 16.4. The first kappa shape index (κ1) is 16.0. The summed E-state index contributed by atoms with van der Waals surface area (Å²) in [5.41, 5.74) is 1.99. The number of nitrogens with zero attached hydrogens (tertiary/aromatic N) is 1. The van der Waals surface area contributed by atoms with Crippen LogP contribution < -0.4 is 10.6 Å².